The summed E-state index contributed by atoms with van der Waals surface area (Å²) in [6.45, 7) is 3.01. The molecular formula is C22H27N3O3S. The van der Waals surface area contributed by atoms with E-state index < -0.39 is 0 Å². The molecule has 1 aromatic heterocycles. The van der Waals surface area contributed by atoms with Gasteiger partial charge in [0.25, 0.3) is 0 Å². The van der Waals surface area contributed by atoms with Crippen LogP contribution in [0, 0.1) is 17.2 Å². The molecule has 0 spiro atoms. The maximum Gasteiger partial charge on any atom is 0.239 e. The average Bonchev–Trinajstić information content (AvgIpc) is 3.03. The number of thiophene rings is 1. The summed E-state index contributed by atoms with van der Waals surface area (Å²) in [6.07, 6.45) is 3.00. The average molecular weight is 414 g/mol. The minimum atomic E-state index is -0.122. The fraction of sp³-hybridized carbons (Fsp3) is 0.455. The highest BCUT2D eigenvalue weighted by molar-refractivity contribution is 7.16. The van der Waals surface area contributed by atoms with Crippen LogP contribution in [0.2, 0.25) is 0 Å². The minimum absolute atomic E-state index is 0.122. The summed E-state index contributed by atoms with van der Waals surface area (Å²) in [5.74, 6) is 1.96. The molecule has 1 amide bonds. The molecule has 1 aliphatic rings. The first-order valence-electron chi connectivity index (χ1n) is 9.69. The highest BCUT2D eigenvalue weighted by atomic mass is 32.1. The van der Waals surface area contributed by atoms with Crippen molar-refractivity contribution in [1.82, 2.24) is 4.90 Å². The van der Waals surface area contributed by atoms with Crippen LogP contribution in [-0.2, 0) is 24.2 Å². The van der Waals surface area contributed by atoms with Crippen LogP contribution in [0.3, 0.4) is 0 Å². The van der Waals surface area contributed by atoms with Gasteiger partial charge in [-0.3, -0.25) is 9.69 Å². The third-order valence-corrected chi connectivity index (χ3v) is 6.39. The molecule has 1 atom stereocenters. The van der Waals surface area contributed by atoms with Crippen LogP contribution in [-0.4, -0.2) is 38.6 Å². The number of methoxy groups -OCH3 is 2. The Bertz CT molecular complexity index is 932. The van der Waals surface area contributed by atoms with E-state index in [1.807, 2.05) is 30.1 Å². The van der Waals surface area contributed by atoms with Gasteiger partial charge >= 0.3 is 0 Å². The van der Waals surface area contributed by atoms with E-state index in [1.165, 1.54) is 4.88 Å². The van der Waals surface area contributed by atoms with E-state index in [2.05, 4.69) is 18.3 Å². The van der Waals surface area contributed by atoms with E-state index in [0.717, 1.165) is 41.9 Å². The topological polar surface area (TPSA) is 74.6 Å². The van der Waals surface area contributed by atoms with E-state index in [1.54, 1.807) is 25.6 Å². The highest BCUT2D eigenvalue weighted by Crippen LogP contribution is 2.39. The Morgan fingerprint density at radius 1 is 1.38 bits per heavy atom. The molecule has 29 heavy (non-hydrogen) atoms. The van der Waals surface area contributed by atoms with Gasteiger partial charge in [0.05, 0.1) is 26.3 Å². The van der Waals surface area contributed by atoms with Gasteiger partial charge < -0.3 is 14.8 Å². The molecule has 154 valence electrons. The van der Waals surface area contributed by atoms with Crippen molar-refractivity contribution in [3.05, 3.63) is 39.8 Å². The summed E-state index contributed by atoms with van der Waals surface area (Å²) < 4.78 is 10.7. The first kappa shape index (κ1) is 21.2. The molecule has 3 rings (SSSR count). The van der Waals surface area contributed by atoms with Crippen LogP contribution in [0.25, 0.3) is 0 Å². The lowest BCUT2D eigenvalue weighted by Gasteiger charge is -2.18. The quantitative estimate of drug-likeness (QED) is 0.747. The SMILES string of the molecule is COc1ccc(CN(C)CC(=O)Nc2sc3c(c2C#N)CCC(C)C3)c(OC)c1. The van der Waals surface area contributed by atoms with Crippen LogP contribution in [0.4, 0.5) is 5.00 Å². The van der Waals surface area contributed by atoms with Gasteiger partial charge in [-0.25, -0.2) is 0 Å². The maximum absolute atomic E-state index is 12.6. The highest BCUT2D eigenvalue weighted by Gasteiger charge is 2.24. The number of ether oxygens (including phenoxy) is 2. The molecule has 1 aliphatic carbocycles. The molecule has 1 N–H and O–H groups in total. The first-order valence-corrected chi connectivity index (χ1v) is 10.5. The fourth-order valence-corrected chi connectivity index (χ4v) is 5.07. The number of anilines is 1. The van der Waals surface area contributed by atoms with E-state index in [4.69, 9.17) is 9.47 Å². The van der Waals surface area contributed by atoms with Crippen molar-refractivity contribution in [2.24, 2.45) is 5.92 Å². The van der Waals surface area contributed by atoms with Gasteiger partial charge in [0.1, 0.15) is 22.6 Å². The summed E-state index contributed by atoms with van der Waals surface area (Å²) in [7, 11) is 5.12. The van der Waals surface area contributed by atoms with Crippen LogP contribution in [0.5, 0.6) is 11.5 Å². The normalized spacial score (nSPS) is 15.5. The Kier molecular flexibility index (Phi) is 6.78. The van der Waals surface area contributed by atoms with Gasteiger partial charge in [-0.05, 0) is 43.9 Å². The molecule has 0 saturated carbocycles. The summed E-state index contributed by atoms with van der Waals surface area (Å²) in [5.41, 5.74) is 2.74. The number of benzene rings is 1. The number of nitriles is 1. The summed E-state index contributed by atoms with van der Waals surface area (Å²) >= 11 is 1.55. The van der Waals surface area contributed by atoms with Gasteiger partial charge in [0.2, 0.25) is 5.91 Å². The summed E-state index contributed by atoms with van der Waals surface area (Å²) in [5, 5.41) is 13.2. The predicted molar refractivity (Wildman–Crippen MR) is 115 cm³/mol. The van der Waals surface area contributed by atoms with Crippen molar-refractivity contribution in [2.45, 2.75) is 32.7 Å². The number of nitrogens with zero attached hydrogens (tertiary/aromatic N) is 2. The van der Waals surface area contributed by atoms with Gasteiger partial charge in [0, 0.05) is 23.1 Å². The largest absolute Gasteiger partial charge is 0.497 e. The Hall–Kier alpha value is -2.56. The second kappa shape index (κ2) is 9.29. The number of amides is 1. The smallest absolute Gasteiger partial charge is 0.239 e. The van der Waals surface area contributed by atoms with E-state index in [-0.39, 0.29) is 12.5 Å². The Morgan fingerprint density at radius 2 is 2.17 bits per heavy atom. The number of nitrogens with one attached hydrogen (secondary N) is 1. The third kappa shape index (κ3) is 4.89. The van der Waals surface area contributed by atoms with Gasteiger partial charge in [-0.15, -0.1) is 11.3 Å². The molecule has 1 aromatic carbocycles. The molecule has 2 aromatic rings. The molecule has 0 fully saturated rings. The number of hydrogen-bond donors (Lipinski definition) is 1. The van der Waals surface area contributed by atoms with Crippen molar-refractivity contribution < 1.29 is 14.3 Å². The van der Waals surface area contributed by atoms with Crippen molar-refractivity contribution in [1.29, 1.82) is 5.26 Å². The zero-order chi connectivity index (χ0) is 21.0. The molecule has 1 heterocycles. The van der Waals surface area contributed by atoms with Crippen molar-refractivity contribution in [3.8, 4) is 17.6 Å². The number of hydrogen-bond acceptors (Lipinski definition) is 6. The molecular weight excluding hydrogens is 386 g/mol. The Morgan fingerprint density at radius 3 is 2.86 bits per heavy atom. The Labute approximate surface area is 176 Å². The first-order chi connectivity index (χ1) is 13.9. The molecule has 7 heteroatoms. The number of carbonyl (C=O) groups excluding carboxylic acids is 1. The zero-order valence-corrected chi connectivity index (χ0v) is 18.2. The molecule has 0 saturated heterocycles. The predicted octanol–water partition coefficient (Wildman–Crippen LogP) is 3.83. The van der Waals surface area contributed by atoms with Crippen LogP contribution < -0.4 is 14.8 Å². The standard InChI is InChI=1S/C22H27N3O3S/c1-14-5-8-17-18(11-23)22(29-20(17)9-14)24-21(26)13-25(2)12-15-6-7-16(27-3)10-19(15)28-4/h6-7,10,14H,5,8-9,12-13H2,1-4H3,(H,24,26). The van der Waals surface area contributed by atoms with E-state index in [9.17, 15) is 10.1 Å². The number of likely N-dealkylation sites (N-methyl/N-ethyl adjacent to an activating group) is 1. The molecule has 6 nitrogen and oxygen atoms in total. The van der Waals surface area contributed by atoms with Gasteiger partial charge in [0.15, 0.2) is 0 Å². The molecule has 0 bridgehead atoms. The minimum Gasteiger partial charge on any atom is -0.497 e. The number of rotatable bonds is 7. The van der Waals surface area contributed by atoms with Gasteiger partial charge in [-0.1, -0.05) is 13.0 Å². The van der Waals surface area contributed by atoms with Crippen LogP contribution >= 0.6 is 11.3 Å². The van der Waals surface area contributed by atoms with Crippen molar-refractivity contribution >= 4 is 22.2 Å². The zero-order valence-electron chi connectivity index (χ0n) is 17.4. The lowest BCUT2D eigenvalue weighted by Crippen LogP contribution is -2.30. The van der Waals surface area contributed by atoms with E-state index in [0.29, 0.717) is 23.0 Å². The number of fused-ring (bicyclic) bond motifs is 1. The van der Waals surface area contributed by atoms with Crippen molar-refractivity contribution in [2.75, 3.05) is 33.1 Å². The second-order valence-electron chi connectivity index (χ2n) is 7.57. The monoisotopic (exact) mass is 413 g/mol. The number of carbonyl (C=O) groups is 1. The lowest BCUT2D eigenvalue weighted by molar-refractivity contribution is -0.117. The molecule has 1 unspecified atom stereocenters. The second-order valence-corrected chi connectivity index (χ2v) is 8.67. The Balaban J connectivity index is 1.65. The maximum atomic E-state index is 12.6. The lowest BCUT2D eigenvalue weighted by atomic mass is 9.89. The van der Waals surface area contributed by atoms with Crippen molar-refractivity contribution in [3.63, 3.8) is 0 Å². The molecule has 0 radical (unpaired) electrons. The van der Waals surface area contributed by atoms with Crippen LogP contribution in [0.15, 0.2) is 18.2 Å². The summed E-state index contributed by atoms with van der Waals surface area (Å²) in [4.78, 5) is 15.8. The molecule has 0 aliphatic heterocycles. The summed E-state index contributed by atoms with van der Waals surface area (Å²) in [6, 6.07) is 7.95. The van der Waals surface area contributed by atoms with Crippen LogP contribution in [0.1, 0.15) is 34.9 Å². The fourth-order valence-electron chi connectivity index (χ4n) is 3.70. The van der Waals surface area contributed by atoms with Gasteiger partial charge in [-0.2, -0.15) is 5.26 Å². The van der Waals surface area contributed by atoms with E-state index >= 15 is 0 Å². The third-order valence-electron chi connectivity index (χ3n) is 5.22.